The van der Waals surface area contributed by atoms with Gasteiger partial charge in [0, 0.05) is 44.0 Å². The van der Waals surface area contributed by atoms with Gasteiger partial charge in [-0.15, -0.1) is 11.3 Å². The van der Waals surface area contributed by atoms with E-state index in [2.05, 4.69) is 27.1 Å². The molecule has 1 atom stereocenters. The van der Waals surface area contributed by atoms with E-state index in [0.29, 0.717) is 41.4 Å². The smallest absolute Gasteiger partial charge is 0.268 e. The first-order valence-electron chi connectivity index (χ1n) is 11.1. The number of amides is 1. The van der Waals surface area contributed by atoms with Crippen LogP contribution >= 0.6 is 11.3 Å². The number of fused-ring (bicyclic) bond motifs is 2. The lowest BCUT2D eigenvalue weighted by Crippen LogP contribution is -2.41. The first kappa shape index (κ1) is 20.7. The summed E-state index contributed by atoms with van der Waals surface area (Å²) in [5.41, 5.74) is 1.49. The monoisotopic (exact) mass is 450 g/mol. The van der Waals surface area contributed by atoms with Gasteiger partial charge in [0.15, 0.2) is 5.13 Å². The Kier molecular flexibility index (Phi) is 5.65. The SMILES string of the molecule is CCCn1c(C(=O)NCC2CCCN(c3nccs3)C2)cc2c(=O)n3ccccc3nc21. The number of nitrogens with zero attached hydrogens (tertiary/aromatic N) is 5. The number of thiazole rings is 1. The van der Waals surface area contributed by atoms with E-state index in [0.717, 1.165) is 37.5 Å². The molecule has 4 aromatic rings. The van der Waals surface area contributed by atoms with Gasteiger partial charge in [-0.3, -0.25) is 14.0 Å². The Labute approximate surface area is 189 Å². The average Bonchev–Trinajstić information content (AvgIpc) is 3.48. The summed E-state index contributed by atoms with van der Waals surface area (Å²) in [6.07, 6.45) is 6.54. The van der Waals surface area contributed by atoms with E-state index < -0.39 is 0 Å². The molecule has 8 nitrogen and oxygen atoms in total. The van der Waals surface area contributed by atoms with Crippen molar-refractivity contribution in [3.63, 3.8) is 0 Å². The zero-order valence-electron chi connectivity index (χ0n) is 18.0. The summed E-state index contributed by atoms with van der Waals surface area (Å²) in [7, 11) is 0. The van der Waals surface area contributed by atoms with Gasteiger partial charge in [0.25, 0.3) is 11.5 Å². The number of hydrogen-bond acceptors (Lipinski definition) is 6. The van der Waals surface area contributed by atoms with Crippen molar-refractivity contribution in [1.82, 2.24) is 24.3 Å². The number of aromatic nitrogens is 4. The number of aryl methyl sites for hydroxylation is 1. The highest BCUT2D eigenvalue weighted by Crippen LogP contribution is 2.24. The Balaban J connectivity index is 1.39. The molecule has 166 valence electrons. The van der Waals surface area contributed by atoms with Crippen molar-refractivity contribution in [2.45, 2.75) is 32.7 Å². The van der Waals surface area contributed by atoms with Gasteiger partial charge in [-0.25, -0.2) is 9.97 Å². The summed E-state index contributed by atoms with van der Waals surface area (Å²) < 4.78 is 3.40. The van der Waals surface area contributed by atoms with Crippen LogP contribution in [0.5, 0.6) is 0 Å². The van der Waals surface area contributed by atoms with Crippen LogP contribution in [0.25, 0.3) is 16.7 Å². The number of pyridine rings is 1. The molecule has 0 bridgehead atoms. The third kappa shape index (κ3) is 3.77. The van der Waals surface area contributed by atoms with Crippen LogP contribution in [0.2, 0.25) is 0 Å². The van der Waals surface area contributed by atoms with Crippen LogP contribution in [-0.4, -0.2) is 44.5 Å². The molecule has 5 heterocycles. The number of carbonyl (C=O) groups is 1. The van der Waals surface area contributed by atoms with Gasteiger partial charge >= 0.3 is 0 Å². The van der Waals surface area contributed by atoms with Crippen LogP contribution in [0.4, 0.5) is 5.13 Å². The largest absolute Gasteiger partial charge is 0.350 e. The first-order valence-corrected chi connectivity index (χ1v) is 12.0. The van der Waals surface area contributed by atoms with Crippen LogP contribution in [0, 0.1) is 5.92 Å². The van der Waals surface area contributed by atoms with E-state index >= 15 is 0 Å². The Morgan fingerprint density at radius 3 is 3.06 bits per heavy atom. The second kappa shape index (κ2) is 8.74. The van der Waals surface area contributed by atoms with Gasteiger partial charge in [0.1, 0.15) is 17.0 Å². The molecule has 32 heavy (non-hydrogen) atoms. The Hall–Kier alpha value is -3.20. The van der Waals surface area contributed by atoms with E-state index in [-0.39, 0.29) is 11.5 Å². The molecule has 1 saturated heterocycles. The summed E-state index contributed by atoms with van der Waals surface area (Å²) in [6.45, 7) is 5.17. The second-order valence-electron chi connectivity index (χ2n) is 8.24. The molecule has 0 radical (unpaired) electrons. The van der Waals surface area contributed by atoms with Gasteiger partial charge in [-0.2, -0.15) is 0 Å². The number of anilines is 1. The van der Waals surface area contributed by atoms with Gasteiger partial charge < -0.3 is 14.8 Å². The third-order valence-electron chi connectivity index (χ3n) is 6.02. The Morgan fingerprint density at radius 1 is 1.34 bits per heavy atom. The topological polar surface area (TPSA) is 84.5 Å². The molecule has 5 rings (SSSR count). The molecule has 1 aliphatic rings. The van der Waals surface area contributed by atoms with E-state index in [1.165, 1.54) is 4.40 Å². The predicted molar refractivity (Wildman–Crippen MR) is 127 cm³/mol. The first-order chi connectivity index (χ1) is 15.7. The third-order valence-corrected chi connectivity index (χ3v) is 6.85. The predicted octanol–water partition coefficient (Wildman–Crippen LogP) is 3.16. The minimum Gasteiger partial charge on any atom is -0.350 e. The highest BCUT2D eigenvalue weighted by atomic mass is 32.1. The van der Waals surface area contributed by atoms with Crippen molar-refractivity contribution in [2.24, 2.45) is 5.92 Å². The standard InChI is InChI=1S/C23H26N6O2S/c1-2-9-28-18(13-17-20(28)26-19-7-3-4-11-29(19)22(17)31)21(30)25-14-16-6-5-10-27(15-16)23-24-8-12-32-23/h3-4,7-8,11-13,16H,2,5-6,9-10,14-15H2,1H3,(H,25,30). The Bertz CT molecular complexity index is 1310. The Morgan fingerprint density at radius 2 is 2.25 bits per heavy atom. The maximum absolute atomic E-state index is 13.2. The van der Waals surface area contributed by atoms with E-state index in [1.54, 1.807) is 35.7 Å². The fourth-order valence-electron chi connectivity index (χ4n) is 4.50. The number of hydrogen-bond donors (Lipinski definition) is 1. The molecule has 1 fully saturated rings. The lowest BCUT2D eigenvalue weighted by Gasteiger charge is -2.32. The maximum Gasteiger partial charge on any atom is 0.268 e. The molecule has 9 heteroatoms. The number of piperidine rings is 1. The van der Waals surface area contributed by atoms with Gasteiger partial charge in [0.05, 0.1) is 5.39 Å². The second-order valence-corrected chi connectivity index (χ2v) is 9.12. The van der Waals surface area contributed by atoms with Crippen LogP contribution in [0.15, 0.2) is 46.8 Å². The highest BCUT2D eigenvalue weighted by molar-refractivity contribution is 7.13. The van der Waals surface area contributed by atoms with Crippen molar-refractivity contribution in [3.05, 3.63) is 58.1 Å². The molecule has 4 aromatic heterocycles. The van der Waals surface area contributed by atoms with Crippen LogP contribution in [0.3, 0.4) is 0 Å². The molecule has 1 amide bonds. The van der Waals surface area contributed by atoms with Crippen LogP contribution in [-0.2, 0) is 6.54 Å². The zero-order valence-corrected chi connectivity index (χ0v) is 18.8. The molecule has 1 unspecified atom stereocenters. The summed E-state index contributed by atoms with van der Waals surface area (Å²) in [4.78, 5) is 37.6. The number of nitrogens with one attached hydrogen (secondary N) is 1. The molecule has 1 N–H and O–H groups in total. The lowest BCUT2D eigenvalue weighted by atomic mass is 9.98. The molecule has 1 aliphatic heterocycles. The minimum absolute atomic E-state index is 0.152. The van der Waals surface area contributed by atoms with Crippen molar-refractivity contribution in [3.8, 4) is 0 Å². The number of rotatable bonds is 6. The fourth-order valence-corrected chi connectivity index (χ4v) is 5.18. The molecule has 0 aromatic carbocycles. The molecule has 0 aliphatic carbocycles. The average molecular weight is 451 g/mol. The van der Waals surface area contributed by atoms with E-state index in [1.807, 2.05) is 22.2 Å². The summed E-state index contributed by atoms with van der Waals surface area (Å²) in [6, 6.07) is 7.16. The highest BCUT2D eigenvalue weighted by Gasteiger charge is 2.24. The van der Waals surface area contributed by atoms with Crippen LogP contribution < -0.4 is 15.8 Å². The summed E-state index contributed by atoms with van der Waals surface area (Å²) in [5.74, 6) is 0.211. The summed E-state index contributed by atoms with van der Waals surface area (Å²) >= 11 is 1.65. The fraction of sp³-hybridized carbons (Fsp3) is 0.391. The molecule has 0 spiro atoms. The quantitative estimate of drug-likeness (QED) is 0.488. The van der Waals surface area contributed by atoms with Crippen molar-refractivity contribution >= 4 is 39.1 Å². The van der Waals surface area contributed by atoms with Gasteiger partial charge in [0.2, 0.25) is 0 Å². The number of carbonyl (C=O) groups excluding carboxylic acids is 1. The van der Waals surface area contributed by atoms with E-state index in [4.69, 9.17) is 0 Å². The van der Waals surface area contributed by atoms with Crippen molar-refractivity contribution < 1.29 is 4.79 Å². The van der Waals surface area contributed by atoms with E-state index in [9.17, 15) is 9.59 Å². The minimum atomic E-state index is -0.156. The molecular formula is C23H26N6O2S. The van der Waals surface area contributed by atoms with Gasteiger partial charge in [-0.1, -0.05) is 13.0 Å². The summed E-state index contributed by atoms with van der Waals surface area (Å²) in [5, 5.41) is 6.62. The zero-order chi connectivity index (χ0) is 22.1. The van der Waals surface area contributed by atoms with Crippen LogP contribution in [0.1, 0.15) is 36.7 Å². The van der Waals surface area contributed by atoms with Gasteiger partial charge in [-0.05, 0) is 43.4 Å². The molecule has 0 saturated carbocycles. The van der Waals surface area contributed by atoms with Crippen molar-refractivity contribution in [1.29, 1.82) is 0 Å². The lowest BCUT2D eigenvalue weighted by molar-refractivity contribution is 0.0936. The van der Waals surface area contributed by atoms with Crippen molar-refractivity contribution in [2.75, 3.05) is 24.5 Å². The maximum atomic E-state index is 13.2. The normalized spacial score (nSPS) is 16.7. The molecular weight excluding hydrogens is 424 g/mol.